The van der Waals surface area contributed by atoms with Gasteiger partial charge in [0, 0.05) is 17.7 Å². The predicted octanol–water partition coefficient (Wildman–Crippen LogP) is 3.78. The summed E-state index contributed by atoms with van der Waals surface area (Å²) in [6.07, 6.45) is 2.22. The van der Waals surface area contributed by atoms with E-state index in [1.165, 1.54) is 29.8 Å². The maximum atomic E-state index is 12.4. The van der Waals surface area contributed by atoms with Crippen molar-refractivity contribution in [3.8, 4) is 0 Å². The first-order chi connectivity index (χ1) is 11.0. The molecule has 1 saturated carbocycles. The minimum Gasteiger partial charge on any atom is -0.345 e. The summed E-state index contributed by atoms with van der Waals surface area (Å²) in [4.78, 5) is 22.6. The Morgan fingerprint density at radius 2 is 1.74 bits per heavy atom. The van der Waals surface area contributed by atoms with Crippen molar-refractivity contribution in [2.24, 2.45) is 5.92 Å². The number of hydrogen-bond donors (Lipinski definition) is 1. The fourth-order valence-electron chi connectivity index (χ4n) is 2.64. The van der Waals surface area contributed by atoms with Crippen molar-refractivity contribution in [1.82, 2.24) is 5.32 Å². The molecule has 0 radical (unpaired) electrons. The molecule has 1 N–H and O–H groups in total. The first-order valence-electron chi connectivity index (χ1n) is 7.66. The van der Waals surface area contributed by atoms with Gasteiger partial charge in [0.1, 0.15) is 0 Å². The largest absolute Gasteiger partial charge is 0.345 e. The minimum absolute atomic E-state index is 0.00158. The van der Waals surface area contributed by atoms with E-state index in [0.717, 1.165) is 18.4 Å². The lowest BCUT2D eigenvalue weighted by Crippen LogP contribution is -2.29. The highest BCUT2D eigenvalue weighted by atomic mass is 16.6. The van der Waals surface area contributed by atoms with Crippen LogP contribution >= 0.6 is 0 Å². The molecule has 5 heteroatoms. The molecule has 2 aromatic rings. The second kappa shape index (κ2) is 6.20. The van der Waals surface area contributed by atoms with Gasteiger partial charge in [-0.3, -0.25) is 14.9 Å². The smallest absolute Gasteiger partial charge is 0.269 e. The van der Waals surface area contributed by atoms with E-state index in [1.807, 2.05) is 19.1 Å². The van der Waals surface area contributed by atoms with Crippen molar-refractivity contribution in [1.29, 1.82) is 0 Å². The maximum Gasteiger partial charge on any atom is 0.269 e. The molecule has 0 unspecified atom stereocenters. The summed E-state index contributed by atoms with van der Waals surface area (Å²) in [7, 11) is 0. The Morgan fingerprint density at radius 3 is 2.26 bits per heavy atom. The lowest BCUT2D eigenvalue weighted by atomic mass is 10.0. The molecule has 0 aromatic heterocycles. The number of aryl methyl sites for hydroxylation is 1. The fraction of sp³-hybridized carbons (Fsp3) is 0.278. The van der Waals surface area contributed by atoms with E-state index in [-0.39, 0.29) is 17.6 Å². The standard InChI is InChI=1S/C18H18N2O3/c1-12-2-4-13(5-3-12)17(14-6-7-14)19-18(21)15-8-10-16(11-9-15)20(22)23/h2-5,8-11,14,17H,6-7H2,1H3,(H,19,21)/t17-/m1/s1. The summed E-state index contributed by atoms with van der Waals surface area (Å²) in [6, 6.07) is 13.9. The molecular weight excluding hydrogens is 292 g/mol. The Balaban J connectivity index is 1.76. The average Bonchev–Trinajstić information content (AvgIpc) is 3.38. The molecule has 3 rings (SSSR count). The zero-order valence-corrected chi connectivity index (χ0v) is 12.9. The van der Waals surface area contributed by atoms with Crippen molar-refractivity contribution in [3.63, 3.8) is 0 Å². The Morgan fingerprint density at radius 1 is 1.13 bits per heavy atom. The fourth-order valence-corrected chi connectivity index (χ4v) is 2.64. The van der Waals surface area contributed by atoms with E-state index in [2.05, 4.69) is 17.4 Å². The highest BCUT2D eigenvalue weighted by Gasteiger charge is 2.33. The van der Waals surface area contributed by atoms with Crippen LogP contribution < -0.4 is 5.32 Å². The normalized spacial score (nSPS) is 15.0. The van der Waals surface area contributed by atoms with Crippen LogP contribution in [0.3, 0.4) is 0 Å². The summed E-state index contributed by atoms with van der Waals surface area (Å²) in [6.45, 7) is 2.03. The van der Waals surface area contributed by atoms with Gasteiger partial charge in [0.2, 0.25) is 0 Å². The van der Waals surface area contributed by atoms with Crippen molar-refractivity contribution in [2.45, 2.75) is 25.8 Å². The van der Waals surface area contributed by atoms with E-state index in [1.54, 1.807) is 0 Å². The summed E-state index contributed by atoms with van der Waals surface area (Å²) in [5.41, 5.74) is 2.71. The van der Waals surface area contributed by atoms with E-state index in [4.69, 9.17) is 0 Å². The van der Waals surface area contributed by atoms with Gasteiger partial charge in [-0.25, -0.2) is 0 Å². The molecule has 1 atom stereocenters. The van der Waals surface area contributed by atoms with Crippen LogP contribution in [0.2, 0.25) is 0 Å². The summed E-state index contributed by atoms with van der Waals surface area (Å²) < 4.78 is 0. The third-order valence-corrected chi connectivity index (χ3v) is 4.16. The van der Waals surface area contributed by atoms with Gasteiger partial charge < -0.3 is 5.32 Å². The Labute approximate surface area is 134 Å². The number of non-ortho nitro benzene ring substituents is 1. The number of nitro benzene ring substituents is 1. The lowest BCUT2D eigenvalue weighted by molar-refractivity contribution is -0.384. The van der Waals surface area contributed by atoms with Gasteiger partial charge >= 0.3 is 0 Å². The molecule has 1 amide bonds. The van der Waals surface area contributed by atoms with Gasteiger partial charge in [0.25, 0.3) is 11.6 Å². The third kappa shape index (κ3) is 3.56. The van der Waals surface area contributed by atoms with Gasteiger partial charge in [0.05, 0.1) is 11.0 Å². The van der Waals surface area contributed by atoms with Crippen molar-refractivity contribution in [2.75, 3.05) is 0 Å². The zero-order chi connectivity index (χ0) is 16.4. The van der Waals surface area contributed by atoms with Gasteiger partial charge in [0.15, 0.2) is 0 Å². The predicted molar refractivity (Wildman–Crippen MR) is 87.2 cm³/mol. The quantitative estimate of drug-likeness (QED) is 0.674. The van der Waals surface area contributed by atoms with Crippen molar-refractivity contribution < 1.29 is 9.72 Å². The minimum atomic E-state index is -0.471. The van der Waals surface area contributed by atoms with E-state index < -0.39 is 4.92 Å². The summed E-state index contributed by atoms with van der Waals surface area (Å²) >= 11 is 0. The molecule has 0 spiro atoms. The average molecular weight is 310 g/mol. The number of amides is 1. The maximum absolute atomic E-state index is 12.4. The van der Waals surface area contributed by atoms with Crippen LogP contribution in [0.15, 0.2) is 48.5 Å². The van der Waals surface area contributed by atoms with Crippen LogP contribution in [0.4, 0.5) is 5.69 Å². The molecule has 23 heavy (non-hydrogen) atoms. The van der Waals surface area contributed by atoms with Gasteiger partial charge in [-0.2, -0.15) is 0 Å². The Hall–Kier alpha value is -2.69. The summed E-state index contributed by atoms with van der Waals surface area (Å²) in [5.74, 6) is 0.275. The van der Waals surface area contributed by atoms with Crippen LogP contribution in [-0.2, 0) is 0 Å². The van der Waals surface area contributed by atoms with Crippen molar-refractivity contribution in [3.05, 3.63) is 75.3 Å². The molecule has 5 nitrogen and oxygen atoms in total. The topological polar surface area (TPSA) is 72.2 Å². The molecule has 2 aromatic carbocycles. The molecule has 118 valence electrons. The molecule has 1 aliphatic carbocycles. The monoisotopic (exact) mass is 310 g/mol. The third-order valence-electron chi connectivity index (χ3n) is 4.16. The summed E-state index contributed by atoms with van der Waals surface area (Å²) in [5, 5.41) is 13.7. The molecule has 1 aliphatic rings. The number of hydrogen-bond acceptors (Lipinski definition) is 3. The number of nitrogens with one attached hydrogen (secondary N) is 1. The molecule has 0 bridgehead atoms. The molecule has 0 heterocycles. The molecule has 1 fully saturated rings. The second-order valence-corrected chi connectivity index (χ2v) is 6.00. The second-order valence-electron chi connectivity index (χ2n) is 6.00. The highest BCUT2D eigenvalue weighted by Crippen LogP contribution is 2.41. The number of rotatable bonds is 5. The number of carbonyl (C=O) groups excluding carboxylic acids is 1. The molecule has 0 aliphatic heterocycles. The van der Waals surface area contributed by atoms with E-state index in [0.29, 0.717) is 11.5 Å². The number of benzene rings is 2. The van der Waals surface area contributed by atoms with Crippen LogP contribution in [0.1, 0.15) is 40.4 Å². The highest BCUT2D eigenvalue weighted by molar-refractivity contribution is 5.94. The number of nitro groups is 1. The van der Waals surface area contributed by atoms with E-state index >= 15 is 0 Å². The first kappa shape index (κ1) is 15.2. The molecular formula is C18H18N2O3. The molecule has 0 saturated heterocycles. The number of carbonyl (C=O) groups is 1. The Kier molecular flexibility index (Phi) is 4.10. The van der Waals surface area contributed by atoms with Crippen LogP contribution in [-0.4, -0.2) is 10.8 Å². The zero-order valence-electron chi connectivity index (χ0n) is 12.9. The van der Waals surface area contributed by atoms with Gasteiger partial charge in [-0.1, -0.05) is 29.8 Å². The van der Waals surface area contributed by atoms with Crippen LogP contribution in [0.25, 0.3) is 0 Å². The Bertz CT molecular complexity index is 719. The van der Waals surface area contributed by atoms with Crippen molar-refractivity contribution >= 4 is 11.6 Å². The first-order valence-corrected chi connectivity index (χ1v) is 7.66. The SMILES string of the molecule is Cc1ccc([C@@H](NC(=O)c2ccc([N+](=O)[O-])cc2)C2CC2)cc1. The van der Waals surface area contributed by atoms with Crippen LogP contribution in [0.5, 0.6) is 0 Å². The van der Waals surface area contributed by atoms with E-state index in [9.17, 15) is 14.9 Å². The van der Waals surface area contributed by atoms with Gasteiger partial charge in [-0.15, -0.1) is 0 Å². The number of nitrogens with zero attached hydrogens (tertiary/aromatic N) is 1. The lowest BCUT2D eigenvalue weighted by Gasteiger charge is -2.19. The van der Waals surface area contributed by atoms with Gasteiger partial charge in [-0.05, 0) is 43.4 Å². The van der Waals surface area contributed by atoms with Crippen LogP contribution in [0, 0.1) is 23.0 Å².